The van der Waals surface area contributed by atoms with E-state index in [1.54, 1.807) is 6.92 Å². The number of unbranched alkanes of at least 4 members (excludes halogenated alkanes) is 1. The molecule has 140 valence electrons. The number of rotatable bonds is 12. The summed E-state index contributed by atoms with van der Waals surface area (Å²) in [5.41, 5.74) is 2.66. The number of ether oxygens (including phenoxy) is 1. The standard InChI is InChI=1S/C24H32O2/c1-21(25)19-24(2,17-15-22-11-5-3-6-12-22)16-9-10-18-26-20-23-13-7-4-8-14-23/h3-8,11-14H,9-10,15-20H2,1-2H3. The monoisotopic (exact) mass is 352 g/mol. The molecule has 0 aliphatic carbocycles. The zero-order chi connectivity index (χ0) is 18.7. The first kappa shape index (κ1) is 20.4. The SMILES string of the molecule is CC(=O)CC(C)(CCCCOCc1ccccc1)CCc1ccccc1. The summed E-state index contributed by atoms with van der Waals surface area (Å²) in [7, 11) is 0. The summed E-state index contributed by atoms with van der Waals surface area (Å²) in [6.45, 7) is 5.44. The summed E-state index contributed by atoms with van der Waals surface area (Å²) in [6, 6.07) is 20.8. The lowest BCUT2D eigenvalue weighted by molar-refractivity contribution is -0.119. The van der Waals surface area contributed by atoms with Crippen LogP contribution in [0.1, 0.15) is 57.1 Å². The van der Waals surface area contributed by atoms with Crippen molar-refractivity contribution in [3.05, 3.63) is 71.8 Å². The number of ketones is 1. The number of Topliss-reactive ketones (excluding diaryl/α,β-unsaturated/α-hetero) is 1. The topological polar surface area (TPSA) is 26.3 Å². The lowest BCUT2D eigenvalue weighted by Gasteiger charge is -2.29. The molecule has 26 heavy (non-hydrogen) atoms. The van der Waals surface area contributed by atoms with Gasteiger partial charge < -0.3 is 9.53 Å². The lowest BCUT2D eigenvalue weighted by atomic mass is 9.76. The van der Waals surface area contributed by atoms with Crippen LogP contribution in [-0.2, 0) is 22.6 Å². The van der Waals surface area contributed by atoms with Crippen LogP contribution < -0.4 is 0 Å². The van der Waals surface area contributed by atoms with Gasteiger partial charge in [0.2, 0.25) is 0 Å². The minimum atomic E-state index is 0.0844. The van der Waals surface area contributed by atoms with Gasteiger partial charge in [-0.2, -0.15) is 0 Å². The van der Waals surface area contributed by atoms with Crippen molar-refractivity contribution in [2.75, 3.05) is 6.61 Å². The fourth-order valence-electron chi connectivity index (χ4n) is 3.51. The van der Waals surface area contributed by atoms with Crippen LogP contribution in [0.25, 0.3) is 0 Å². The van der Waals surface area contributed by atoms with E-state index in [9.17, 15) is 4.79 Å². The highest BCUT2D eigenvalue weighted by molar-refractivity contribution is 5.76. The molecule has 0 N–H and O–H groups in total. The summed E-state index contributed by atoms with van der Waals surface area (Å²) in [6.07, 6.45) is 5.99. The van der Waals surface area contributed by atoms with Crippen molar-refractivity contribution in [3.63, 3.8) is 0 Å². The fraction of sp³-hybridized carbons (Fsp3) is 0.458. The Kier molecular flexibility index (Phi) is 8.57. The first-order chi connectivity index (χ1) is 12.6. The molecular formula is C24H32O2. The van der Waals surface area contributed by atoms with Gasteiger partial charge in [0.15, 0.2) is 0 Å². The van der Waals surface area contributed by atoms with E-state index in [-0.39, 0.29) is 5.41 Å². The molecule has 0 saturated carbocycles. The smallest absolute Gasteiger partial charge is 0.130 e. The summed E-state index contributed by atoms with van der Waals surface area (Å²) in [5, 5.41) is 0. The van der Waals surface area contributed by atoms with Gasteiger partial charge in [-0.3, -0.25) is 0 Å². The molecule has 0 fully saturated rings. The Morgan fingerprint density at radius 1 is 0.885 bits per heavy atom. The fourth-order valence-corrected chi connectivity index (χ4v) is 3.51. The van der Waals surface area contributed by atoms with Crippen molar-refractivity contribution in [1.82, 2.24) is 0 Å². The maximum absolute atomic E-state index is 11.7. The van der Waals surface area contributed by atoms with Gasteiger partial charge in [-0.25, -0.2) is 0 Å². The predicted octanol–water partition coefficient (Wildman–Crippen LogP) is 5.99. The zero-order valence-corrected chi connectivity index (χ0v) is 16.2. The van der Waals surface area contributed by atoms with Crippen molar-refractivity contribution >= 4 is 5.78 Å². The molecular weight excluding hydrogens is 320 g/mol. The molecule has 0 spiro atoms. The van der Waals surface area contributed by atoms with Crippen molar-refractivity contribution < 1.29 is 9.53 Å². The van der Waals surface area contributed by atoms with Gasteiger partial charge in [0.1, 0.15) is 5.78 Å². The number of hydrogen-bond donors (Lipinski definition) is 0. The van der Waals surface area contributed by atoms with Crippen molar-refractivity contribution in [2.24, 2.45) is 5.41 Å². The number of carbonyl (C=O) groups is 1. The second-order valence-corrected chi connectivity index (χ2v) is 7.67. The molecule has 2 aromatic carbocycles. The Morgan fingerprint density at radius 3 is 2.12 bits per heavy atom. The van der Waals surface area contributed by atoms with Gasteiger partial charge in [-0.1, -0.05) is 74.0 Å². The van der Waals surface area contributed by atoms with E-state index in [1.807, 2.05) is 24.3 Å². The summed E-state index contributed by atoms with van der Waals surface area (Å²) in [4.78, 5) is 11.7. The van der Waals surface area contributed by atoms with Gasteiger partial charge in [-0.05, 0) is 49.1 Å². The Hall–Kier alpha value is -1.93. The van der Waals surface area contributed by atoms with Crippen LogP contribution in [0.4, 0.5) is 0 Å². The van der Waals surface area contributed by atoms with Crippen LogP contribution in [0, 0.1) is 5.41 Å². The summed E-state index contributed by atoms with van der Waals surface area (Å²) in [5.74, 6) is 0.292. The molecule has 0 amide bonds. The summed E-state index contributed by atoms with van der Waals surface area (Å²) >= 11 is 0. The molecule has 0 aliphatic rings. The lowest BCUT2D eigenvalue weighted by Crippen LogP contribution is -2.21. The third kappa shape index (κ3) is 7.97. The largest absolute Gasteiger partial charge is 0.377 e. The van der Waals surface area contributed by atoms with Gasteiger partial charge in [0.25, 0.3) is 0 Å². The highest BCUT2D eigenvalue weighted by Gasteiger charge is 2.25. The van der Waals surface area contributed by atoms with E-state index in [2.05, 4.69) is 43.3 Å². The van der Waals surface area contributed by atoms with Crippen LogP contribution in [0.15, 0.2) is 60.7 Å². The molecule has 1 atom stereocenters. The van der Waals surface area contributed by atoms with Crippen LogP contribution >= 0.6 is 0 Å². The quantitative estimate of drug-likeness (QED) is 0.438. The molecule has 2 heteroatoms. The molecule has 0 saturated heterocycles. The molecule has 0 bridgehead atoms. The van der Waals surface area contributed by atoms with E-state index in [0.717, 1.165) is 38.7 Å². The predicted molar refractivity (Wildman–Crippen MR) is 108 cm³/mol. The van der Waals surface area contributed by atoms with Crippen molar-refractivity contribution in [2.45, 2.75) is 59.0 Å². The van der Waals surface area contributed by atoms with E-state index < -0.39 is 0 Å². The minimum Gasteiger partial charge on any atom is -0.377 e. The number of aryl methyl sites for hydroxylation is 1. The molecule has 0 heterocycles. The molecule has 0 aliphatic heterocycles. The molecule has 0 radical (unpaired) electrons. The molecule has 0 aromatic heterocycles. The first-order valence-corrected chi connectivity index (χ1v) is 9.72. The average Bonchev–Trinajstić information content (AvgIpc) is 2.64. The van der Waals surface area contributed by atoms with Gasteiger partial charge in [-0.15, -0.1) is 0 Å². The van der Waals surface area contributed by atoms with Crippen LogP contribution in [0.3, 0.4) is 0 Å². The molecule has 1 unspecified atom stereocenters. The van der Waals surface area contributed by atoms with Gasteiger partial charge in [0.05, 0.1) is 6.61 Å². The Labute approximate surface area is 158 Å². The second-order valence-electron chi connectivity index (χ2n) is 7.67. The van der Waals surface area contributed by atoms with E-state index in [1.165, 1.54) is 11.1 Å². The van der Waals surface area contributed by atoms with Crippen LogP contribution in [0.2, 0.25) is 0 Å². The van der Waals surface area contributed by atoms with Crippen molar-refractivity contribution in [3.8, 4) is 0 Å². The van der Waals surface area contributed by atoms with Crippen LogP contribution in [-0.4, -0.2) is 12.4 Å². The maximum atomic E-state index is 11.7. The van der Waals surface area contributed by atoms with E-state index in [4.69, 9.17) is 4.74 Å². The van der Waals surface area contributed by atoms with Gasteiger partial charge in [0, 0.05) is 13.0 Å². The zero-order valence-electron chi connectivity index (χ0n) is 16.2. The number of benzene rings is 2. The normalized spacial score (nSPS) is 13.3. The highest BCUT2D eigenvalue weighted by atomic mass is 16.5. The van der Waals surface area contributed by atoms with E-state index in [0.29, 0.717) is 18.8 Å². The number of carbonyl (C=O) groups excluding carboxylic acids is 1. The highest BCUT2D eigenvalue weighted by Crippen LogP contribution is 2.34. The molecule has 2 aromatic rings. The van der Waals surface area contributed by atoms with Crippen molar-refractivity contribution in [1.29, 1.82) is 0 Å². The first-order valence-electron chi connectivity index (χ1n) is 9.72. The summed E-state index contributed by atoms with van der Waals surface area (Å²) < 4.78 is 5.78. The molecule has 2 nitrogen and oxygen atoms in total. The Balaban J connectivity index is 1.71. The molecule has 2 rings (SSSR count). The minimum absolute atomic E-state index is 0.0844. The maximum Gasteiger partial charge on any atom is 0.130 e. The van der Waals surface area contributed by atoms with Gasteiger partial charge >= 0.3 is 0 Å². The second kappa shape index (κ2) is 10.9. The van der Waals surface area contributed by atoms with Crippen LogP contribution in [0.5, 0.6) is 0 Å². The Morgan fingerprint density at radius 2 is 1.50 bits per heavy atom. The third-order valence-corrected chi connectivity index (χ3v) is 4.97. The number of hydrogen-bond acceptors (Lipinski definition) is 2. The average molecular weight is 353 g/mol. The third-order valence-electron chi connectivity index (χ3n) is 4.97. The van der Waals surface area contributed by atoms with E-state index >= 15 is 0 Å². The Bertz CT molecular complexity index is 636.